The molecular weight excluding hydrogens is 671 g/mol. The summed E-state index contributed by atoms with van der Waals surface area (Å²) in [5.41, 5.74) is -5.32. The first-order valence-electron chi connectivity index (χ1n) is 15.4. The SMILES string of the molecule is CC(=O)N1CC[C@H]2CC[C@@H](C(=O)N3CCC(Oc4ccncc4)C3)N2C(=O)[C@@H](NC(=O)c2cc3cc(C(F)(F)P(=O)(O)O)ccc3s2)C1. The number of hydrogen-bond acceptors (Lipinski definition) is 8. The molecule has 0 bridgehead atoms. The monoisotopic (exact) mass is 705 g/mol. The van der Waals surface area contributed by atoms with Gasteiger partial charge in [0.05, 0.1) is 11.4 Å². The van der Waals surface area contributed by atoms with Crippen molar-refractivity contribution >= 4 is 52.6 Å². The van der Waals surface area contributed by atoms with Gasteiger partial charge in [-0.25, -0.2) is 0 Å². The number of alkyl halides is 2. The van der Waals surface area contributed by atoms with E-state index in [1.54, 1.807) is 34.3 Å². The molecule has 3 N–H and O–H groups in total. The highest BCUT2D eigenvalue weighted by molar-refractivity contribution is 7.52. The Kier molecular flexibility index (Phi) is 9.28. The minimum atomic E-state index is -5.80. The summed E-state index contributed by atoms with van der Waals surface area (Å²) in [6, 6.07) is 5.56. The molecule has 0 spiro atoms. The number of hydrogen-bond donors (Lipinski definition) is 3. The minimum absolute atomic E-state index is 0.0637. The van der Waals surface area contributed by atoms with Crippen LogP contribution < -0.4 is 10.1 Å². The first kappa shape index (κ1) is 33.9. The highest BCUT2D eigenvalue weighted by Crippen LogP contribution is 2.59. The van der Waals surface area contributed by atoms with Crippen LogP contribution in [0.15, 0.2) is 48.8 Å². The molecule has 13 nitrogen and oxygen atoms in total. The average molecular weight is 706 g/mol. The summed E-state index contributed by atoms with van der Waals surface area (Å²) >= 11 is 0.948. The van der Waals surface area contributed by atoms with Crippen LogP contribution in [0.25, 0.3) is 10.1 Å². The summed E-state index contributed by atoms with van der Waals surface area (Å²) in [4.78, 5) is 81.0. The zero-order valence-electron chi connectivity index (χ0n) is 25.8. The summed E-state index contributed by atoms with van der Waals surface area (Å²) in [5, 5.41) is 2.87. The molecule has 1 unspecified atom stereocenters. The molecule has 256 valence electrons. The van der Waals surface area contributed by atoms with Gasteiger partial charge in [-0.15, -0.1) is 11.3 Å². The highest BCUT2D eigenvalue weighted by atomic mass is 32.1. The third-order valence-corrected chi connectivity index (χ3v) is 11.2. The molecule has 5 heterocycles. The molecule has 3 aliphatic rings. The smallest absolute Gasteiger partial charge is 0.399 e. The molecule has 4 atom stereocenters. The number of halogens is 2. The number of pyridine rings is 1. The fraction of sp³-hybridized carbons (Fsp3) is 0.452. The molecule has 0 radical (unpaired) electrons. The fourth-order valence-electron chi connectivity index (χ4n) is 6.59. The Hall–Kier alpha value is -3.98. The molecule has 6 rings (SSSR count). The van der Waals surface area contributed by atoms with E-state index in [-0.39, 0.29) is 40.8 Å². The van der Waals surface area contributed by atoms with Gasteiger partial charge >= 0.3 is 13.3 Å². The maximum absolute atomic E-state index is 14.3. The minimum Gasteiger partial charge on any atom is -0.488 e. The van der Waals surface area contributed by atoms with E-state index in [0.29, 0.717) is 55.8 Å². The molecule has 3 aliphatic heterocycles. The number of ether oxygens (including phenoxy) is 1. The van der Waals surface area contributed by atoms with Gasteiger partial charge in [0.25, 0.3) is 5.91 Å². The summed E-state index contributed by atoms with van der Waals surface area (Å²) in [5.74, 6) is -1.03. The Balaban J connectivity index is 1.20. The van der Waals surface area contributed by atoms with Crippen LogP contribution in [0.5, 0.6) is 5.75 Å². The number of benzene rings is 1. The summed E-state index contributed by atoms with van der Waals surface area (Å²) in [6.07, 6.45) is 5.11. The molecule has 4 amide bonds. The van der Waals surface area contributed by atoms with Crippen LogP contribution in [0.1, 0.15) is 47.8 Å². The Morgan fingerprint density at radius 1 is 1.02 bits per heavy atom. The van der Waals surface area contributed by atoms with Crippen molar-refractivity contribution in [2.45, 2.75) is 62.5 Å². The number of thiophene rings is 1. The van der Waals surface area contributed by atoms with Crippen LogP contribution in [0, 0.1) is 0 Å². The second kappa shape index (κ2) is 13.1. The van der Waals surface area contributed by atoms with E-state index >= 15 is 0 Å². The first-order chi connectivity index (χ1) is 22.7. The number of likely N-dealkylation sites (tertiary alicyclic amines) is 1. The molecule has 0 aliphatic carbocycles. The van der Waals surface area contributed by atoms with E-state index in [2.05, 4.69) is 10.3 Å². The van der Waals surface area contributed by atoms with Gasteiger partial charge in [0, 0.05) is 61.7 Å². The van der Waals surface area contributed by atoms with Crippen LogP contribution in [0.4, 0.5) is 8.78 Å². The Labute approximate surface area is 278 Å². The van der Waals surface area contributed by atoms with Gasteiger partial charge in [-0.1, -0.05) is 6.07 Å². The molecule has 3 aromatic rings. The number of fused-ring (bicyclic) bond motifs is 2. The number of aromatic nitrogens is 1. The maximum Gasteiger partial charge on any atom is 0.399 e. The zero-order valence-corrected chi connectivity index (χ0v) is 27.5. The van der Waals surface area contributed by atoms with Crippen molar-refractivity contribution in [3.63, 3.8) is 0 Å². The predicted octanol–water partition coefficient (Wildman–Crippen LogP) is 2.91. The molecule has 17 heteroatoms. The van der Waals surface area contributed by atoms with E-state index in [1.807, 2.05) is 0 Å². The Morgan fingerprint density at radius 3 is 2.46 bits per heavy atom. The van der Waals surface area contributed by atoms with Gasteiger partial charge in [-0.05, 0) is 55.0 Å². The van der Waals surface area contributed by atoms with E-state index in [0.717, 1.165) is 23.5 Å². The number of nitrogens with one attached hydrogen (secondary N) is 1. The van der Waals surface area contributed by atoms with Crippen LogP contribution in [-0.4, -0.2) is 104 Å². The third-order valence-electron chi connectivity index (χ3n) is 9.09. The fourth-order valence-corrected chi connectivity index (χ4v) is 8.02. The van der Waals surface area contributed by atoms with Crippen LogP contribution in [0.2, 0.25) is 0 Å². The van der Waals surface area contributed by atoms with Gasteiger partial charge in [0.1, 0.15) is 23.9 Å². The molecule has 48 heavy (non-hydrogen) atoms. The summed E-state index contributed by atoms with van der Waals surface area (Å²) < 4.78 is 46.5. The van der Waals surface area contributed by atoms with Crippen LogP contribution in [-0.2, 0) is 24.6 Å². The third kappa shape index (κ3) is 6.66. The standard InChI is InChI=1S/C31H34F2N5O8PS/c1-18(39)36-12-8-21-3-4-25(30(42)37-13-9-23(16-37)46-22-6-10-34-11-7-22)38(21)29(41)24(17-36)35-28(40)27-15-19-14-20(2-5-26(19)48-27)31(32,33)47(43,44)45/h2,5-7,10-11,14-15,21,23-25H,3-4,8-9,12-13,16-17H2,1H3,(H,35,40)(H2,43,44,45)/t21-,23?,24+,25+/m1/s1. The molecule has 2 aromatic heterocycles. The molecule has 1 aromatic carbocycles. The van der Waals surface area contributed by atoms with Crippen LogP contribution in [0.3, 0.4) is 0 Å². The van der Waals surface area contributed by atoms with Crippen LogP contribution >= 0.6 is 18.9 Å². The molecule has 0 saturated carbocycles. The lowest BCUT2D eigenvalue weighted by molar-refractivity contribution is -0.148. The summed E-state index contributed by atoms with van der Waals surface area (Å²) in [6.45, 7) is 2.39. The summed E-state index contributed by atoms with van der Waals surface area (Å²) in [7, 11) is -5.80. The van der Waals surface area contributed by atoms with Gasteiger partial charge in [0.15, 0.2) is 0 Å². The normalized spacial score (nSPS) is 23.5. The zero-order chi connectivity index (χ0) is 34.4. The maximum atomic E-state index is 14.3. The van der Waals surface area contributed by atoms with Crippen molar-refractivity contribution in [3.8, 4) is 5.75 Å². The van der Waals surface area contributed by atoms with Crippen molar-refractivity contribution in [3.05, 3.63) is 59.2 Å². The molecule has 3 saturated heterocycles. The van der Waals surface area contributed by atoms with Gasteiger partial charge < -0.3 is 34.5 Å². The largest absolute Gasteiger partial charge is 0.488 e. The van der Waals surface area contributed by atoms with Crippen molar-refractivity contribution < 1.29 is 47.0 Å². The number of carbonyl (C=O) groups excluding carboxylic acids is 4. The molecule has 3 fully saturated rings. The second-order valence-electron chi connectivity index (χ2n) is 12.2. The lowest BCUT2D eigenvalue weighted by atomic mass is 10.1. The molecular formula is C31H34F2N5O8PS. The number of nitrogens with zero attached hydrogens (tertiary/aromatic N) is 4. The van der Waals surface area contributed by atoms with E-state index < -0.39 is 42.7 Å². The van der Waals surface area contributed by atoms with Gasteiger partial charge in [-0.2, -0.15) is 8.78 Å². The lowest BCUT2D eigenvalue weighted by Crippen LogP contribution is -2.61. The Bertz CT molecular complexity index is 1790. The van der Waals surface area contributed by atoms with Gasteiger partial charge in [-0.3, -0.25) is 28.7 Å². The number of rotatable bonds is 7. The Morgan fingerprint density at radius 2 is 1.75 bits per heavy atom. The quantitative estimate of drug-likeness (QED) is 0.313. The van der Waals surface area contributed by atoms with Crippen molar-refractivity contribution in [1.82, 2.24) is 25.0 Å². The van der Waals surface area contributed by atoms with E-state index in [9.17, 15) is 32.5 Å². The van der Waals surface area contributed by atoms with Crippen molar-refractivity contribution in [1.29, 1.82) is 0 Å². The number of carbonyl (C=O) groups is 4. The topological polar surface area (TPSA) is 170 Å². The first-order valence-corrected chi connectivity index (χ1v) is 17.9. The van der Waals surface area contributed by atoms with Crippen molar-refractivity contribution in [2.24, 2.45) is 0 Å². The van der Waals surface area contributed by atoms with E-state index in [1.165, 1.54) is 24.0 Å². The number of amides is 4. The second-order valence-corrected chi connectivity index (χ2v) is 14.9. The lowest BCUT2D eigenvalue weighted by Gasteiger charge is -2.39. The highest BCUT2D eigenvalue weighted by Gasteiger charge is 2.50. The van der Waals surface area contributed by atoms with Gasteiger partial charge in [0.2, 0.25) is 17.7 Å². The predicted molar refractivity (Wildman–Crippen MR) is 169 cm³/mol. The average Bonchev–Trinajstić information content (AvgIpc) is 3.79. The van der Waals surface area contributed by atoms with E-state index in [4.69, 9.17) is 14.5 Å². The van der Waals surface area contributed by atoms with Crippen molar-refractivity contribution in [2.75, 3.05) is 26.2 Å².